The Hall–Kier alpha value is -2.08. The summed E-state index contributed by atoms with van der Waals surface area (Å²) in [6.45, 7) is 9.69. The second kappa shape index (κ2) is 7.66. The third-order valence-corrected chi connectivity index (χ3v) is 4.70. The van der Waals surface area contributed by atoms with Gasteiger partial charge in [-0.3, -0.25) is 9.59 Å². The molecular weight excluding hydrogens is 322 g/mol. The number of amides is 1. The van der Waals surface area contributed by atoms with Gasteiger partial charge < -0.3 is 10.3 Å². The molecule has 0 aliphatic rings. The van der Waals surface area contributed by atoms with E-state index in [2.05, 4.69) is 15.3 Å². The summed E-state index contributed by atoms with van der Waals surface area (Å²) in [7, 11) is 0. The van der Waals surface area contributed by atoms with E-state index >= 15 is 0 Å². The first-order valence-electron chi connectivity index (χ1n) is 7.93. The van der Waals surface area contributed by atoms with Gasteiger partial charge in [-0.2, -0.15) is 0 Å². The van der Waals surface area contributed by atoms with Gasteiger partial charge >= 0.3 is 0 Å². The third-order valence-electron chi connectivity index (χ3n) is 3.72. The average molecular weight is 345 g/mol. The number of H-pyrrole nitrogens is 1. The summed E-state index contributed by atoms with van der Waals surface area (Å²) < 4.78 is 0. The summed E-state index contributed by atoms with van der Waals surface area (Å²) in [5.41, 5.74) is 3.41. The van der Waals surface area contributed by atoms with Crippen LogP contribution in [0.3, 0.4) is 0 Å². The van der Waals surface area contributed by atoms with E-state index in [0.717, 1.165) is 22.5 Å². The fraction of sp³-hybridized carbons (Fsp3) is 0.389. The molecule has 2 rings (SSSR count). The molecule has 0 spiro atoms. The van der Waals surface area contributed by atoms with E-state index in [9.17, 15) is 9.59 Å². The molecule has 0 saturated heterocycles. The minimum atomic E-state index is -0.380. The molecule has 0 bridgehead atoms. The summed E-state index contributed by atoms with van der Waals surface area (Å²) in [6.07, 6.45) is 0. The largest absolute Gasteiger partial charge is 0.325 e. The van der Waals surface area contributed by atoms with Crippen molar-refractivity contribution in [3.8, 4) is 0 Å². The van der Waals surface area contributed by atoms with Crippen molar-refractivity contribution in [1.82, 2.24) is 9.97 Å². The second-order valence-electron chi connectivity index (χ2n) is 6.15. The molecular formula is C18H23N3O2S. The van der Waals surface area contributed by atoms with Gasteiger partial charge in [-0.1, -0.05) is 43.8 Å². The van der Waals surface area contributed by atoms with E-state index in [1.807, 2.05) is 45.9 Å². The number of aromatic amines is 1. The predicted octanol–water partition coefficient (Wildman–Crippen LogP) is 3.63. The molecule has 2 aromatic rings. The molecule has 128 valence electrons. The number of benzene rings is 1. The number of anilines is 1. The lowest BCUT2D eigenvalue weighted by Crippen LogP contribution is -2.24. The Labute approximate surface area is 146 Å². The second-order valence-corrected chi connectivity index (χ2v) is 7.48. The lowest BCUT2D eigenvalue weighted by Gasteiger charge is -2.15. The molecule has 2 N–H and O–H groups in total. The van der Waals surface area contributed by atoms with Gasteiger partial charge in [0.05, 0.1) is 10.9 Å². The quantitative estimate of drug-likeness (QED) is 0.641. The van der Waals surface area contributed by atoms with Crippen molar-refractivity contribution in [1.29, 1.82) is 0 Å². The van der Waals surface area contributed by atoms with Crippen molar-refractivity contribution in [2.24, 2.45) is 0 Å². The fourth-order valence-corrected chi connectivity index (χ4v) is 3.08. The Morgan fingerprint density at radius 3 is 2.42 bits per heavy atom. The van der Waals surface area contributed by atoms with Crippen LogP contribution in [0.1, 0.15) is 43.5 Å². The molecule has 6 heteroatoms. The van der Waals surface area contributed by atoms with Crippen LogP contribution in [0.5, 0.6) is 0 Å². The summed E-state index contributed by atoms with van der Waals surface area (Å²) >= 11 is 1.25. The maximum atomic E-state index is 12.5. The minimum Gasteiger partial charge on any atom is -0.325 e. The molecule has 1 aromatic carbocycles. The van der Waals surface area contributed by atoms with E-state index in [1.165, 1.54) is 17.8 Å². The predicted molar refractivity (Wildman–Crippen MR) is 98.8 cm³/mol. The molecule has 24 heavy (non-hydrogen) atoms. The zero-order valence-corrected chi connectivity index (χ0v) is 15.5. The Bertz CT molecular complexity index is 779. The summed E-state index contributed by atoms with van der Waals surface area (Å²) in [5, 5.41) is 3.06. The van der Waals surface area contributed by atoms with Crippen LogP contribution in [-0.4, -0.2) is 21.1 Å². The Morgan fingerprint density at radius 1 is 1.21 bits per heavy atom. The zero-order valence-electron chi connectivity index (χ0n) is 14.6. The van der Waals surface area contributed by atoms with Crippen molar-refractivity contribution in [2.75, 3.05) is 5.32 Å². The number of rotatable bonds is 5. The van der Waals surface area contributed by atoms with Crippen LogP contribution in [0.25, 0.3) is 0 Å². The highest BCUT2D eigenvalue weighted by Gasteiger charge is 2.18. The van der Waals surface area contributed by atoms with E-state index in [4.69, 9.17) is 0 Å². The Morgan fingerprint density at radius 2 is 1.83 bits per heavy atom. The molecule has 1 atom stereocenters. The maximum absolute atomic E-state index is 12.5. The van der Waals surface area contributed by atoms with Gasteiger partial charge in [0.2, 0.25) is 5.91 Å². The Kier molecular flexibility index (Phi) is 5.83. The van der Waals surface area contributed by atoms with Crippen molar-refractivity contribution in [2.45, 2.75) is 50.9 Å². The molecule has 0 radical (unpaired) electrons. The van der Waals surface area contributed by atoms with Gasteiger partial charge in [-0.15, -0.1) is 0 Å². The highest BCUT2D eigenvalue weighted by atomic mass is 32.2. The van der Waals surface area contributed by atoms with E-state index in [0.29, 0.717) is 5.16 Å². The smallest absolute Gasteiger partial charge is 0.251 e. The standard InChI is InChI=1S/C18H23N3O2S/c1-10(2)14-9-15(22)20-18(19-14)24-13(5)17(23)21-16-11(3)7-6-8-12(16)4/h6-10,13H,1-5H3,(H,21,23)(H,19,20,22). The first kappa shape index (κ1) is 18.3. The molecule has 1 amide bonds. The van der Waals surface area contributed by atoms with Crippen molar-refractivity contribution in [3.05, 3.63) is 51.4 Å². The molecule has 0 aliphatic carbocycles. The summed E-state index contributed by atoms with van der Waals surface area (Å²) in [5.74, 6) is 0.0420. The number of para-hydroxylation sites is 1. The number of nitrogens with zero attached hydrogens (tertiary/aromatic N) is 1. The van der Waals surface area contributed by atoms with Gasteiger partial charge in [0, 0.05) is 11.8 Å². The van der Waals surface area contributed by atoms with Crippen molar-refractivity contribution >= 4 is 23.4 Å². The van der Waals surface area contributed by atoms with Gasteiger partial charge in [0.1, 0.15) is 0 Å². The van der Waals surface area contributed by atoms with Crippen LogP contribution < -0.4 is 10.9 Å². The normalized spacial score (nSPS) is 12.2. The third kappa shape index (κ3) is 4.47. The lowest BCUT2D eigenvalue weighted by atomic mass is 10.1. The highest BCUT2D eigenvalue weighted by Crippen LogP contribution is 2.24. The van der Waals surface area contributed by atoms with Crippen molar-refractivity contribution < 1.29 is 4.79 Å². The topological polar surface area (TPSA) is 74.8 Å². The molecule has 1 unspecified atom stereocenters. The summed E-state index contributed by atoms with van der Waals surface area (Å²) in [6, 6.07) is 7.39. The molecule has 0 fully saturated rings. The van der Waals surface area contributed by atoms with Gasteiger partial charge in [0.15, 0.2) is 5.16 Å². The molecule has 0 saturated carbocycles. The monoisotopic (exact) mass is 345 g/mol. The van der Waals surface area contributed by atoms with Gasteiger partial charge in [-0.05, 0) is 37.8 Å². The number of thioether (sulfide) groups is 1. The maximum Gasteiger partial charge on any atom is 0.251 e. The van der Waals surface area contributed by atoms with Crippen LogP contribution in [0.15, 0.2) is 34.2 Å². The van der Waals surface area contributed by atoms with Crippen LogP contribution in [0, 0.1) is 13.8 Å². The number of aromatic nitrogens is 2. The number of hydrogen-bond acceptors (Lipinski definition) is 4. The number of nitrogens with one attached hydrogen (secondary N) is 2. The number of hydrogen-bond donors (Lipinski definition) is 2. The van der Waals surface area contributed by atoms with E-state index in [1.54, 1.807) is 6.92 Å². The van der Waals surface area contributed by atoms with E-state index in [-0.39, 0.29) is 22.6 Å². The lowest BCUT2D eigenvalue weighted by molar-refractivity contribution is -0.115. The van der Waals surface area contributed by atoms with Crippen molar-refractivity contribution in [3.63, 3.8) is 0 Å². The zero-order chi connectivity index (χ0) is 17.9. The SMILES string of the molecule is Cc1cccc(C)c1NC(=O)C(C)Sc1nc(C(C)C)cc(=O)[nH]1. The van der Waals surface area contributed by atoms with Gasteiger partial charge in [0.25, 0.3) is 5.56 Å². The molecule has 1 aromatic heterocycles. The van der Waals surface area contributed by atoms with Crippen LogP contribution in [0.2, 0.25) is 0 Å². The molecule has 0 aliphatic heterocycles. The number of aryl methyl sites for hydroxylation is 2. The summed E-state index contributed by atoms with van der Waals surface area (Å²) in [4.78, 5) is 31.3. The van der Waals surface area contributed by atoms with Crippen LogP contribution >= 0.6 is 11.8 Å². The van der Waals surface area contributed by atoms with Crippen LogP contribution in [-0.2, 0) is 4.79 Å². The first-order valence-corrected chi connectivity index (χ1v) is 8.81. The van der Waals surface area contributed by atoms with E-state index < -0.39 is 0 Å². The fourth-order valence-electron chi connectivity index (χ4n) is 2.26. The first-order chi connectivity index (χ1) is 11.3. The van der Waals surface area contributed by atoms with Gasteiger partial charge in [-0.25, -0.2) is 4.98 Å². The minimum absolute atomic E-state index is 0.116. The van der Waals surface area contributed by atoms with Crippen LogP contribution in [0.4, 0.5) is 5.69 Å². The number of carbonyl (C=O) groups is 1. The molecule has 5 nitrogen and oxygen atoms in total. The average Bonchev–Trinajstić information content (AvgIpc) is 2.50. The Balaban J connectivity index is 2.13. The molecule has 1 heterocycles. The number of carbonyl (C=O) groups excluding carboxylic acids is 1. The highest BCUT2D eigenvalue weighted by molar-refractivity contribution is 8.00.